The lowest BCUT2D eigenvalue weighted by Gasteiger charge is -2.27. The molecule has 0 bridgehead atoms. The molecule has 3 N–H and O–H groups in total. The second-order valence-electron chi connectivity index (χ2n) is 7.26. The lowest BCUT2D eigenvalue weighted by molar-refractivity contribution is 0.102. The number of halogens is 3. The van der Waals surface area contributed by atoms with E-state index in [0.717, 1.165) is 11.1 Å². The topological polar surface area (TPSA) is 90.1 Å². The van der Waals surface area contributed by atoms with Crippen LogP contribution in [-0.2, 0) is 5.41 Å². The van der Waals surface area contributed by atoms with Crippen molar-refractivity contribution in [2.24, 2.45) is 0 Å². The third-order valence-corrected chi connectivity index (χ3v) is 5.54. The summed E-state index contributed by atoms with van der Waals surface area (Å²) in [6.45, 7) is 4.41. The van der Waals surface area contributed by atoms with E-state index in [1.165, 1.54) is 6.20 Å². The number of hydrogen-bond donors (Lipinski definition) is 2. The zero-order valence-corrected chi connectivity index (χ0v) is 19.2. The number of ether oxygens (including phenoxy) is 1. The number of carbonyl (C=O) groups is 1. The largest absolute Gasteiger partial charge is 0.489 e. The van der Waals surface area contributed by atoms with Crippen molar-refractivity contribution in [3.05, 3.63) is 75.4 Å². The van der Waals surface area contributed by atoms with Crippen LogP contribution in [0.5, 0.6) is 5.75 Å². The van der Waals surface area contributed by atoms with Crippen LogP contribution in [0, 0.1) is 0 Å². The van der Waals surface area contributed by atoms with Crippen LogP contribution >= 0.6 is 34.8 Å². The molecule has 9 heteroatoms. The standard InChI is InChI=1S/C22H21Cl3N4O2/c1-22(2,15-11-16(24)19(17(25)12-15)31-10-8-23)14-5-3-13(4-6-14)20(30)28-18-7-9-27-21(26)29-18/h3-7,9,11-12H,8,10H2,1-2H3,(H3,26,27,28,29,30). The van der Waals surface area contributed by atoms with E-state index in [0.29, 0.717) is 39.7 Å². The molecule has 0 aliphatic heterocycles. The Hall–Kier alpha value is -2.54. The predicted molar refractivity (Wildman–Crippen MR) is 126 cm³/mol. The number of nitrogen functional groups attached to an aromatic ring is 1. The Bertz CT molecular complexity index is 1070. The van der Waals surface area contributed by atoms with E-state index in [-0.39, 0.29) is 11.9 Å². The molecule has 1 aromatic heterocycles. The highest BCUT2D eigenvalue weighted by Crippen LogP contribution is 2.40. The first-order chi connectivity index (χ1) is 14.7. The first-order valence-electron chi connectivity index (χ1n) is 9.41. The normalized spacial score (nSPS) is 11.3. The van der Waals surface area contributed by atoms with Crippen molar-refractivity contribution in [1.29, 1.82) is 0 Å². The molecular weight excluding hydrogens is 459 g/mol. The van der Waals surface area contributed by atoms with Crippen molar-refractivity contribution in [3.8, 4) is 5.75 Å². The highest BCUT2D eigenvalue weighted by Gasteiger charge is 2.26. The SMILES string of the molecule is CC(C)(c1ccc(C(=O)Nc2ccnc(N)n2)cc1)c1cc(Cl)c(OCCCl)c(Cl)c1. The molecule has 0 aliphatic carbocycles. The fourth-order valence-corrected chi connectivity index (χ4v) is 3.71. The summed E-state index contributed by atoms with van der Waals surface area (Å²) in [6, 6.07) is 12.5. The molecule has 0 saturated heterocycles. The molecule has 0 atom stereocenters. The van der Waals surface area contributed by atoms with Gasteiger partial charge in [-0.05, 0) is 41.5 Å². The van der Waals surface area contributed by atoms with Crippen molar-refractivity contribution in [2.45, 2.75) is 19.3 Å². The van der Waals surface area contributed by atoms with Gasteiger partial charge in [-0.1, -0.05) is 49.2 Å². The molecule has 3 rings (SSSR count). The van der Waals surface area contributed by atoms with E-state index in [9.17, 15) is 4.79 Å². The molecule has 0 fully saturated rings. The van der Waals surface area contributed by atoms with Gasteiger partial charge in [0, 0.05) is 17.2 Å². The molecule has 0 aliphatic rings. The Kier molecular flexibility index (Phi) is 7.26. The number of rotatable bonds is 7. The molecule has 162 valence electrons. The molecule has 6 nitrogen and oxygen atoms in total. The fraction of sp³-hybridized carbons (Fsp3) is 0.227. The van der Waals surface area contributed by atoms with Crippen molar-refractivity contribution >= 4 is 52.5 Å². The fourth-order valence-electron chi connectivity index (χ4n) is 3.04. The Morgan fingerprint density at radius 3 is 2.32 bits per heavy atom. The van der Waals surface area contributed by atoms with E-state index < -0.39 is 5.41 Å². The predicted octanol–water partition coefficient (Wildman–Crippen LogP) is 5.56. The number of anilines is 2. The van der Waals surface area contributed by atoms with E-state index in [1.54, 1.807) is 18.2 Å². The minimum absolute atomic E-state index is 0.0892. The summed E-state index contributed by atoms with van der Waals surface area (Å²) >= 11 is 18.5. The van der Waals surface area contributed by atoms with Crippen LogP contribution in [0.4, 0.5) is 11.8 Å². The summed E-state index contributed by atoms with van der Waals surface area (Å²) in [5.41, 5.74) is 7.50. The van der Waals surface area contributed by atoms with Gasteiger partial charge in [0.25, 0.3) is 5.91 Å². The maximum atomic E-state index is 12.5. The number of nitrogens with two attached hydrogens (primary N) is 1. The number of benzene rings is 2. The summed E-state index contributed by atoms with van der Waals surface area (Å²) in [4.78, 5) is 20.3. The average Bonchev–Trinajstić information content (AvgIpc) is 2.73. The Morgan fingerprint density at radius 2 is 1.74 bits per heavy atom. The third kappa shape index (κ3) is 5.39. The van der Waals surface area contributed by atoms with Crippen molar-refractivity contribution in [2.75, 3.05) is 23.5 Å². The number of nitrogens with zero attached hydrogens (tertiary/aromatic N) is 2. The van der Waals surface area contributed by atoms with E-state index in [2.05, 4.69) is 15.3 Å². The first-order valence-corrected chi connectivity index (χ1v) is 10.7. The second-order valence-corrected chi connectivity index (χ2v) is 8.46. The number of carbonyl (C=O) groups excluding carboxylic acids is 1. The van der Waals surface area contributed by atoms with Gasteiger partial charge in [-0.15, -0.1) is 11.6 Å². The number of aromatic nitrogens is 2. The quantitative estimate of drug-likeness (QED) is 0.433. The second kappa shape index (κ2) is 9.73. The summed E-state index contributed by atoms with van der Waals surface area (Å²) < 4.78 is 5.53. The Morgan fingerprint density at radius 1 is 1.10 bits per heavy atom. The summed E-state index contributed by atoms with van der Waals surface area (Å²) in [6.07, 6.45) is 1.48. The lowest BCUT2D eigenvalue weighted by atomic mass is 9.78. The van der Waals surface area contributed by atoms with Gasteiger partial charge >= 0.3 is 0 Å². The molecule has 3 aromatic rings. The van der Waals surface area contributed by atoms with Gasteiger partial charge in [-0.2, -0.15) is 4.98 Å². The van der Waals surface area contributed by atoms with Crippen LogP contribution in [0.15, 0.2) is 48.7 Å². The van der Waals surface area contributed by atoms with Crippen LogP contribution in [-0.4, -0.2) is 28.4 Å². The average molecular weight is 480 g/mol. The van der Waals surface area contributed by atoms with Crippen LogP contribution in [0.25, 0.3) is 0 Å². The van der Waals surface area contributed by atoms with Crippen molar-refractivity contribution < 1.29 is 9.53 Å². The number of hydrogen-bond acceptors (Lipinski definition) is 5. The zero-order chi connectivity index (χ0) is 22.6. The molecule has 1 amide bonds. The molecule has 0 unspecified atom stereocenters. The molecule has 2 aromatic carbocycles. The van der Waals surface area contributed by atoms with Crippen molar-refractivity contribution in [3.63, 3.8) is 0 Å². The Labute approximate surface area is 195 Å². The molecule has 0 saturated carbocycles. The van der Waals surface area contributed by atoms with Gasteiger partial charge in [-0.25, -0.2) is 4.98 Å². The minimum Gasteiger partial charge on any atom is -0.489 e. The molecule has 1 heterocycles. The maximum absolute atomic E-state index is 12.5. The third-order valence-electron chi connectivity index (χ3n) is 4.83. The minimum atomic E-state index is -0.422. The summed E-state index contributed by atoms with van der Waals surface area (Å²) in [5, 5.41) is 3.53. The molecular formula is C22H21Cl3N4O2. The molecule has 0 spiro atoms. The van der Waals surface area contributed by atoms with Crippen molar-refractivity contribution in [1.82, 2.24) is 9.97 Å². The number of alkyl halides is 1. The van der Waals surface area contributed by atoms with Crippen LogP contribution in [0.3, 0.4) is 0 Å². The monoisotopic (exact) mass is 478 g/mol. The Balaban J connectivity index is 1.81. The maximum Gasteiger partial charge on any atom is 0.256 e. The van der Waals surface area contributed by atoms with E-state index >= 15 is 0 Å². The first kappa shape index (κ1) is 23.1. The summed E-state index contributed by atoms with van der Waals surface area (Å²) in [7, 11) is 0. The summed E-state index contributed by atoms with van der Waals surface area (Å²) in [5.74, 6) is 0.883. The number of nitrogens with one attached hydrogen (secondary N) is 1. The van der Waals surface area contributed by atoms with Gasteiger partial charge in [0.15, 0.2) is 5.75 Å². The van der Waals surface area contributed by atoms with Crippen LogP contribution in [0.1, 0.15) is 35.3 Å². The van der Waals surface area contributed by atoms with E-state index in [1.807, 2.05) is 38.1 Å². The highest BCUT2D eigenvalue weighted by atomic mass is 35.5. The highest BCUT2D eigenvalue weighted by molar-refractivity contribution is 6.37. The molecule has 0 radical (unpaired) electrons. The molecule has 31 heavy (non-hydrogen) atoms. The smallest absolute Gasteiger partial charge is 0.256 e. The van der Waals surface area contributed by atoms with Gasteiger partial charge in [-0.3, -0.25) is 4.79 Å². The van der Waals surface area contributed by atoms with Crippen LogP contribution < -0.4 is 15.8 Å². The van der Waals surface area contributed by atoms with Gasteiger partial charge in [0.1, 0.15) is 12.4 Å². The zero-order valence-electron chi connectivity index (χ0n) is 17.0. The van der Waals surface area contributed by atoms with E-state index in [4.69, 9.17) is 45.3 Å². The van der Waals surface area contributed by atoms with Gasteiger partial charge < -0.3 is 15.8 Å². The van der Waals surface area contributed by atoms with Gasteiger partial charge in [0.05, 0.1) is 15.9 Å². The number of amides is 1. The lowest BCUT2D eigenvalue weighted by Crippen LogP contribution is -2.20. The van der Waals surface area contributed by atoms with Crippen LogP contribution in [0.2, 0.25) is 10.0 Å². The van der Waals surface area contributed by atoms with Gasteiger partial charge in [0.2, 0.25) is 5.95 Å².